The maximum Gasteiger partial charge on any atom is 0.274 e. The summed E-state index contributed by atoms with van der Waals surface area (Å²) >= 11 is 0. The summed E-state index contributed by atoms with van der Waals surface area (Å²) in [7, 11) is 1.16. The Kier molecular flexibility index (Phi) is 2.56. The lowest BCUT2D eigenvalue weighted by Gasteiger charge is -2.05. The Hall–Kier alpha value is -2.25. The Morgan fingerprint density at radius 2 is 2.07 bits per heavy atom. The zero-order valence-corrected chi connectivity index (χ0v) is 7.15. The molecule has 0 aliphatic rings. The molecule has 0 fully saturated rings. The van der Waals surface area contributed by atoms with Crippen LogP contribution in [0.25, 0.3) is 0 Å². The number of nitrogens with zero attached hydrogens (tertiary/aromatic N) is 4. The summed E-state index contributed by atoms with van der Waals surface area (Å²) < 4.78 is 0. The van der Waals surface area contributed by atoms with Gasteiger partial charge in [-0.1, -0.05) is 5.01 Å². The van der Waals surface area contributed by atoms with Gasteiger partial charge in [-0.15, -0.1) is 0 Å². The number of rotatable bonds is 3. The minimum Gasteiger partial charge on any atom is -0.258 e. The zero-order chi connectivity index (χ0) is 10.7. The highest BCUT2D eigenvalue weighted by Gasteiger charge is 2.15. The normalized spacial score (nSPS) is 9.50. The Bertz CT molecular complexity index is 380. The summed E-state index contributed by atoms with van der Waals surface area (Å²) in [6, 6.07) is 2.19. The first-order chi connectivity index (χ1) is 6.52. The van der Waals surface area contributed by atoms with E-state index in [4.69, 9.17) is 0 Å². The minimum absolute atomic E-state index is 0.0794. The molecule has 74 valence electrons. The molecule has 0 bridgehead atoms. The van der Waals surface area contributed by atoms with Gasteiger partial charge in [-0.05, 0) is 0 Å². The van der Waals surface area contributed by atoms with E-state index in [1.807, 2.05) is 0 Å². The highest BCUT2D eigenvalue weighted by atomic mass is 16.7. The molecule has 0 aromatic carbocycles. The summed E-state index contributed by atoms with van der Waals surface area (Å²) in [5.41, 5.74) is -0.233. The molecule has 0 radical (unpaired) electrons. The van der Waals surface area contributed by atoms with Crippen molar-refractivity contribution in [3.8, 4) is 0 Å². The van der Waals surface area contributed by atoms with Gasteiger partial charge in [-0.25, -0.2) is 15.1 Å². The average molecular weight is 198 g/mol. The zero-order valence-electron chi connectivity index (χ0n) is 7.15. The fourth-order valence-corrected chi connectivity index (χ4v) is 0.782. The van der Waals surface area contributed by atoms with Crippen LogP contribution >= 0.6 is 0 Å². The van der Waals surface area contributed by atoms with Crippen molar-refractivity contribution >= 4 is 11.5 Å². The number of pyridine rings is 1. The topological polar surface area (TPSA) is 102 Å². The van der Waals surface area contributed by atoms with Crippen LogP contribution in [-0.2, 0) is 0 Å². The number of anilines is 1. The Morgan fingerprint density at radius 1 is 1.43 bits per heavy atom. The quantitative estimate of drug-likeness (QED) is 0.520. The molecule has 0 unspecified atom stereocenters. The molecule has 1 rings (SSSR count). The smallest absolute Gasteiger partial charge is 0.258 e. The van der Waals surface area contributed by atoms with Crippen LogP contribution in [0, 0.1) is 20.2 Å². The number of hydrazine groups is 1. The van der Waals surface area contributed by atoms with Crippen LogP contribution in [0.15, 0.2) is 18.3 Å². The van der Waals surface area contributed by atoms with Crippen LogP contribution in [0.2, 0.25) is 0 Å². The highest BCUT2D eigenvalue weighted by Crippen LogP contribution is 2.16. The van der Waals surface area contributed by atoms with E-state index in [1.165, 1.54) is 0 Å². The molecule has 0 amide bonds. The highest BCUT2D eigenvalue weighted by molar-refractivity contribution is 5.43. The van der Waals surface area contributed by atoms with E-state index >= 15 is 0 Å². The molecule has 8 heteroatoms. The molecular formula is C6H6N4O4. The summed E-state index contributed by atoms with van der Waals surface area (Å²) in [5, 5.41) is 20.5. The summed E-state index contributed by atoms with van der Waals surface area (Å²) in [4.78, 5) is 23.6. The lowest BCUT2D eigenvalue weighted by molar-refractivity contribution is -0.491. The second-order valence-corrected chi connectivity index (χ2v) is 2.39. The molecule has 0 N–H and O–H groups in total. The van der Waals surface area contributed by atoms with Crippen LogP contribution in [0.1, 0.15) is 0 Å². The first-order valence-corrected chi connectivity index (χ1v) is 3.51. The van der Waals surface area contributed by atoms with Gasteiger partial charge in [0.25, 0.3) is 5.69 Å². The third kappa shape index (κ3) is 1.91. The molecular weight excluding hydrogens is 192 g/mol. The van der Waals surface area contributed by atoms with Crippen molar-refractivity contribution in [3.63, 3.8) is 0 Å². The van der Waals surface area contributed by atoms with Crippen molar-refractivity contribution in [2.24, 2.45) is 0 Å². The molecule has 1 heterocycles. The van der Waals surface area contributed by atoms with Gasteiger partial charge in [0.2, 0.25) is 0 Å². The van der Waals surface area contributed by atoms with Gasteiger partial charge in [0.15, 0.2) is 10.9 Å². The molecule has 0 atom stereocenters. The molecule has 14 heavy (non-hydrogen) atoms. The van der Waals surface area contributed by atoms with Crippen molar-refractivity contribution in [3.05, 3.63) is 38.6 Å². The van der Waals surface area contributed by atoms with E-state index in [9.17, 15) is 20.2 Å². The fraction of sp³-hybridized carbons (Fsp3) is 0.167. The number of hydrogen-bond donors (Lipinski definition) is 0. The number of hydrogen-bond acceptors (Lipinski definition) is 5. The van der Waals surface area contributed by atoms with Crippen LogP contribution in [0.3, 0.4) is 0 Å². The predicted molar refractivity (Wildman–Crippen MR) is 46.3 cm³/mol. The first kappa shape index (κ1) is 9.84. The average Bonchev–Trinajstić information content (AvgIpc) is 2.16. The Labute approximate surface area is 78.1 Å². The van der Waals surface area contributed by atoms with Gasteiger partial charge >= 0.3 is 0 Å². The molecule has 1 aromatic heterocycles. The third-order valence-electron chi connectivity index (χ3n) is 1.52. The van der Waals surface area contributed by atoms with Gasteiger partial charge < -0.3 is 0 Å². The van der Waals surface area contributed by atoms with E-state index in [2.05, 4.69) is 4.98 Å². The third-order valence-corrected chi connectivity index (χ3v) is 1.52. The Balaban J connectivity index is 3.05. The molecule has 0 saturated heterocycles. The molecule has 8 nitrogen and oxygen atoms in total. The van der Waals surface area contributed by atoms with E-state index in [0.29, 0.717) is 5.01 Å². The van der Waals surface area contributed by atoms with Gasteiger partial charge in [-0.3, -0.25) is 10.1 Å². The van der Waals surface area contributed by atoms with E-state index < -0.39 is 9.96 Å². The number of aromatic nitrogens is 1. The van der Waals surface area contributed by atoms with Gasteiger partial charge in [0.1, 0.15) is 0 Å². The van der Waals surface area contributed by atoms with Crippen LogP contribution in [0.4, 0.5) is 11.5 Å². The van der Waals surface area contributed by atoms with Crippen molar-refractivity contribution in [1.29, 1.82) is 0 Å². The lowest BCUT2D eigenvalue weighted by atomic mass is 10.4. The van der Waals surface area contributed by atoms with Crippen molar-refractivity contribution < 1.29 is 9.96 Å². The maximum absolute atomic E-state index is 10.3. The van der Waals surface area contributed by atoms with Gasteiger partial charge in [0.05, 0.1) is 18.0 Å². The van der Waals surface area contributed by atoms with Crippen molar-refractivity contribution in [1.82, 2.24) is 4.98 Å². The van der Waals surface area contributed by atoms with E-state index in [1.54, 1.807) is 0 Å². The summed E-state index contributed by atoms with van der Waals surface area (Å²) in [5.74, 6) is -0.0794. The van der Waals surface area contributed by atoms with Gasteiger partial charge in [-0.2, -0.15) is 0 Å². The monoisotopic (exact) mass is 198 g/mol. The Morgan fingerprint density at radius 3 is 2.57 bits per heavy atom. The molecule has 0 saturated carbocycles. The SMILES string of the molecule is CN(c1cc([N+](=O)[O-])ccn1)[N+](=O)[O-]. The second kappa shape index (κ2) is 3.64. The van der Waals surface area contributed by atoms with Crippen molar-refractivity contribution in [2.75, 3.05) is 12.1 Å². The largest absolute Gasteiger partial charge is 0.274 e. The molecule has 0 aliphatic heterocycles. The standard InChI is InChI=1S/C6H6N4O4/c1-8(10(13)14)6-4-5(9(11)12)2-3-7-6/h2-4H,1H3. The maximum atomic E-state index is 10.3. The summed E-state index contributed by atoms with van der Waals surface area (Å²) in [6.07, 6.45) is 1.15. The van der Waals surface area contributed by atoms with Crippen molar-refractivity contribution in [2.45, 2.75) is 0 Å². The predicted octanol–water partition coefficient (Wildman–Crippen LogP) is 0.618. The molecule has 0 aliphatic carbocycles. The van der Waals surface area contributed by atoms with Crippen LogP contribution < -0.4 is 5.01 Å². The lowest BCUT2D eigenvalue weighted by Crippen LogP contribution is -2.25. The minimum atomic E-state index is -0.716. The van der Waals surface area contributed by atoms with E-state index in [-0.39, 0.29) is 11.5 Å². The van der Waals surface area contributed by atoms with E-state index in [0.717, 1.165) is 25.4 Å². The second-order valence-electron chi connectivity index (χ2n) is 2.39. The van der Waals surface area contributed by atoms with Crippen LogP contribution in [-0.4, -0.2) is 22.0 Å². The van der Waals surface area contributed by atoms with Gasteiger partial charge in [0, 0.05) is 12.3 Å². The van der Waals surface area contributed by atoms with Crippen LogP contribution in [0.5, 0.6) is 0 Å². The number of nitro groups is 2. The molecule has 0 spiro atoms. The fourth-order valence-electron chi connectivity index (χ4n) is 0.782. The molecule has 1 aromatic rings. The summed E-state index contributed by atoms with van der Waals surface area (Å²) in [6.45, 7) is 0. The first-order valence-electron chi connectivity index (χ1n) is 3.51.